The normalized spacial score (nSPS) is 11.9. The molecule has 3 nitrogen and oxygen atoms in total. The largest absolute Gasteiger partial charge is 0.312 e. The summed E-state index contributed by atoms with van der Waals surface area (Å²) in [7, 11) is 0. The van der Waals surface area contributed by atoms with Gasteiger partial charge in [0.25, 0.3) is 5.91 Å². The average molecular weight is 340 g/mol. The molecular formula is C19H17FN2OS. The van der Waals surface area contributed by atoms with Crippen LogP contribution in [0.2, 0.25) is 0 Å². The highest BCUT2D eigenvalue weighted by molar-refractivity contribution is 7.16. The van der Waals surface area contributed by atoms with Crippen molar-refractivity contribution in [3.63, 3.8) is 0 Å². The van der Waals surface area contributed by atoms with E-state index in [1.165, 1.54) is 35.6 Å². The van der Waals surface area contributed by atoms with Crippen molar-refractivity contribution >= 4 is 27.5 Å². The minimum atomic E-state index is -0.381. The molecule has 0 saturated heterocycles. The van der Waals surface area contributed by atoms with Gasteiger partial charge >= 0.3 is 0 Å². The molecule has 3 rings (SSSR count). The Kier molecular flexibility index (Phi) is 4.44. The van der Waals surface area contributed by atoms with E-state index in [0.29, 0.717) is 16.9 Å². The number of thiazole rings is 1. The Labute approximate surface area is 143 Å². The van der Waals surface area contributed by atoms with E-state index in [0.717, 1.165) is 21.3 Å². The van der Waals surface area contributed by atoms with Gasteiger partial charge < -0.3 is 4.57 Å². The number of halogens is 1. The number of amides is 1. The van der Waals surface area contributed by atoms with Crippen LogP contribution in [0.3, 0.4) is 0 Å². The molecule has 0 radical (unpaired) electrons. The zero-order chi connectivity index (χ0) is 17.3. The first-order valence-corrected chi connectivity index (χ1v) is 8.37. The first-order chi connectivity index (χ1) is 11.5. The number of rotatable bonds is 3. The van der Waals surface area contributed by atoms with Gasteiger partial charge in [0.2, 0.25) is 0 Å². The van der Waals surface area contributed by atoms with E-state index in [4.69, 9.17) is 0 Å². The van der Waals surface area contributed by atoms with Crippen LogP contribution in [0, 0.1) is 19.7 Å². The van der Waals surface area contributed by atoms with Crippen LogP contribution >= 0.6 is 11.3 Å². The number of hydrogen-bond donors (Lipinski definition) is 0. The molecule has 0 spiro atoms. The lowest BCUT2D eigenvalue weighted by molar-refractivity contribution is 0.0998. The van der Waals surface area contributed by atoms with E-state index < -0.39 is 0 Å². The number of fused-ring (bicyclic) bond motifs is 1. The molecule has 0 N–H and O–H groups in total. The summed E-state index contributed by atoms with van der Waals surface area (Å²) in [6, 6.07) is 9.62. The van der Waals surface area contributed by atoms with Crippen molar-refractivity contribution in [3.8, 4) is 0 Å². The fraction of sp³-hybridized carbons (Fsp3) is 0.158. The molecule has 2 aromatic carbocycles. The van der Waals surface area contributed by atoms with Crippen molar-refractivity contribution in [1.29, 1.82) is 0 Å². The van der Waals surface area contributed by atoms with E-state index in [1.807, 2.05) is 11.5 Å². The summed E-state index contributed by atoms with van der Waals surface area (Å²) < 4.78 is 16.1. The lowest BCUT2D eigenvalue weighted by Gasteiger charge is -2.03. The maximum absolute atomic E-state index is 13.0. The molecule has 1 heterocycles. The van der Waals surface area contributed by atoms with Gasteiger partial charge in [-0.1, -0.05) is 23.5 Å². The molecule has 1 aromatic heterocycles. The lowest BCUT2D eigenvalue weighted by atomic mass is 10.1. The van der Waals surface area contributed by atoms with Crippen molar-refractivity contribution in [2.45, 2.75) is 20.4 Å². The molecule has 5 heteroatoms. The number of aryl methyl sites for hydroxylation is 2. The second-order valence-electron chi connectivity index (χ2n) is 5.64. The second-order valence-corrected chi connectivity index (χ2v) is 6.62. The van der Waals surface area contributed by atoms with Crippen LogP contribution in [-0.4, -0.2) is 10.5 Å². The van der Waals surface area contributed by atoms with Crippen molar-refractivity contribution in [3.05, 3.63) is 76.4 Å². The number of carbonyl (C=O) groups excluding carboxylic acids is 1. The van der Waals surface area contributed by atoms with Crippen LogP contribution in [-0.2, 0) is 6.54 Å². The van der Waals surface area contributed by atoms with Gasteiger partial charge in [0.15, 0.2) is 4.80 Å². The molecule has 0 unspecified atom stereocenters. The third-order valence-electron chi connectivity index (χ3n) is 3.71. The van der Waals surface area contributed by atoms with Crippen LogP contribution in [0.15, 0.2) is 54.0 Å². The third-order valence-corrected chi connectivity index (χ3v) is 4.94. The Bertz CT molecular complexity index is 997. The van der Waals surface area contributed by atoms with E-state index in [-0.39, 0.29) is 11.7 Å². The van der Waals surface area contributed by atoms with Crippen molar-refractivity contribution in [2.75, 3.05) is 0 Å². The molecule has 0 aliphatic heterocycles. The number of allylic oxidation sites excluding steroid dienone is 1. The summed E-state index contributed by atoms with van der Waals surface area (Å²) in [6.07, 6.45) is 1.78. The molecule has 1 amide bonds. The number of nitrogens with zero attached hydrogens (tertiary/aromatic N) is 2. The zero-order valence-corrected chi connectivity index (χ0v) is 14.4. The smallest absolute Gasteiger partial charge is 0.279 e. The summed E-state index contributed by atoms with van der Waals surface area (Å²) in [4.78, 5) is 17.3. The number of benzene rings is 2. The van der Waals surface area contributed by atoms with Crippen LogP contribution in [0.25, 0.3) is 10.2 Å². The van der Waals surface area contributed by atoms with Gasteiger partial charge in [0.05, 0.1) is 10.2 Å². The van der Waals surface area contributed by atoms with E-state index in [1.54, 1.807) is 6.08 Å². The van der Waals surface area contributed by atoms with Crippen LogP contribution in [0.1, 0.15) is 21.5 Å². The molecule has 122 valence electrons. The second kappa shape index (κ2) is 6.53. The minimum absolute atomic E-state index is 0.368. The SMILES string of the molecule is C=CCn1c(=NC(=O)c2ccc(F)cc2)sc2c(C)cc(C)cc21. The van der Waals surface area contributed by atoms with Gasteiger partial charge in [-0.05, 0) is 55.3 Å². The van der Waals surface area contributed by atoms with Gasteiger partial charge in [-0.2, -0.15) is 4.99 Å². The van der Waals surface area contributed by atoms with Crippen molar-refractivity contribution in [1.82, 2.24) is 4.57 Å². The Morgan fingerprint density at radius 2 is 2.00 bits per heavy atom. The molecule has 3 aromatic rings. The molecule has 0 aliphatic rings. The Morgan fingerprint density at radius 1 is 1.29 bits per heavy atom. The van der Waals surface area contributed by atoms with Crippen LogP contribution in [0.5, 0.6) is 0 Å². The summed E-state index contributed by atoms with van der Waals surface area (Å²) in [5, 5.41) is 0. The highest BCUT2D eigenvalue weighted by atomic mass is 32.1. The van der Waals surface area contributed by atoms with Crippen molar-refractivity contribution in [2.24, 2.45) is 4.99 Å². The molecule has 24 heavy (non-hydrogen) atoms. The maximum Gasteiger partial charge on any atom is 0.279 e. The summed E-state index contributed by atoms with van der Waals surface area (Å²) in [5.41, 5.74) is 3.73. The number of aromatic nitrogens is 1. The van der Waals surface area contributed by atoms with Gasteiger partial charge in [0, 0.05) is 12.1 Å². The van der Waals surface area contributed by atoms with E-state index >= 15 is 0 Å². The Balaban J connectivity index is 2.19. The van der Waals surface area contributed by atoms with Gasteiger partial charge in [-0.25, -0.2) is 4.39 Å². The van der Waals surface area contributed by atoms with E-state index in [2.05, 4.69) is 30.6 Å². The van der Waals surface area contributed by atoms with Gasteiger partial charge in [0.1, 0.15) is 5.82 Å². The minimum Gasteiger partial charge on any atom is -0.312 e. The maximum atomic E-state index is 13.0. The molecular weight excluding hydrogens is 323 g/mol. The fourth-order valence-electron chi connectivity index (χ4n) is 2.65. The molecule has 0 fully saturated rings. The zero-order valence-electron chi connectivity index (χ0n) is 13.5. The number of carbonyl (C=O) groups is 1. The quantitative estimate of drug-likeness (QED) is 0.651. The lowest BCUT2D eigenvalue weighted by Crippen LogP contribution is -2.16. The van der Waals surface area contributed by atoms with Crippen LogP contribution in [0.4, 0.5) is 4.39 Å². The first kappa shape index (κ1) is 16.3. The molecule has 0 bridgehead atoms. The predicted octanol–water partition coefficient (Wildman–Crippen LogP) is 4.39. The Hall–Kier alpha value is -2.53. The highest BCUT2D eigenvalue weighted by Crippen LogP contribution is 2.23. The third kappa shape index (κ3) is 3.08. The molecule has 0 aliphatic carbocycles. The van der Waals surface area contributed by atoms with Crippen molar-refractivity contribution < 1.29 is 9.18 Å². The van der Waals surface area contributed by atoms with Crippen LogP contribution < -0.4 is 4.80 Å². The topological polar surface area (TPSA) is 34.4 Å². The monoisotopic (exact) mass is 340 g/mol. The summed E-state index contributed by atoms with van der Waals surface area (Å²) in [6.45, 7) is 8.45. The highest BCUT2D eigenvalue weighted by Gasteiger charge is 2.11. The standard InChI is InChI=1S/C19H17FN2OS/c1-4-9-22-16-11-12(2)10-13(3)17(16)24-19(22)21-18(23)14-5-7-15(20)8-6-14/h4-8,10-11H,1,9H2,2-3H3. The first-order valence-electron chi connectivity index (χ1n) is 7.55. The molecule has 0 saturated carbocycles. The van der Waals surface area contributed by atoms with Gasteiger partial charge in [-0.3, -0.25) is 4.79 Å². The molecule has 0 atom stereocenters. The summed E-state index contributed by atoms with van der Waals surface area (Å²) in [5.74, 6) is -0.755. The van der Waals surface area contributed by atoms with Gasteiger partial charge in [-0.15, -0.1) is 6.58 Å². The fourth-order valence-corrected chi connectivity index (χ4v) is 3.74. The number of hydrogen-bond acceptors (Lipinski definition) is 2. The summed E-state index contributed by atoms with van der Waals surface area (Å²) >= 11 is 1.48. The Morgan fingerprint density at radius 3 is 2.67 bits per heavy atom. The predicted molar refractivity (Wildman–Crippen MR) is 95.8 cm³/mol. The van der Waals surface area contributed by atoms with E-state index in [9.17, 15) is 9.18 Å². The average Bonchev–Trinajstić information content (AvgIpc) is 2.87.